The van der Waals surface area contributed by atoms with E-state index in [1.165, 1.54) is 24.6 Å². The van der Waals surface area contributed by atoms with Crippen LogP contribution in [0.25, 0.3) is 0 Å². The number of amides is 1. The number of nitrogens with one attached hydrogen (secondary N) is 2. The highest BCUT2D eigenvalue weighted by Crippen LogP contribution is 2.24. The summed E-state index contributed by atoms with van der Waals surface area (Å²) in [4.78, 5) is 11.6. The van der Waals surface area contributed by atoms with Crippen molar-refractivity contribution < 1.29 is 18.3 Å². The molecule has 1 heterocycles. The van der Waals surface area contributed by atoms with Crippen LogP contribution in [-0.2, 0) is 22.6 Å². The molecule has 0 aromatic heterocycles. The number of ether oxygens (including phenoxy) is 1. The van der Waals surface area contributed by atoms with Crippen LogP contribution in [0, 0.1) is 11.6 Å². The van der Waals surface area contributed by atoms with E-state index in [2.05, 4.69) is 29.3 Å². The van der Waals surface area contributed by atoms with Crippen molar-refractivity contribution in [1.82, 2.24) is 10.6 Å². The first-order chi connectivity index (χ1) is 13.4. The molecule has 3 rings (SSSR count). The Morgan fingerprint density at radius 3 is 2.68 bits per heavy atom. The zero-order chi connectivity index (χ0) is 20.1. The van der Waals surface area contributed by atoms with Gasteiger partial charge in [-0.2, -0.15) is 12.6 Å². The molecule has 0 saturated heterocycles. The zero-order valence-electron chi connectivity index (χ0n) is 15.6. The highest BCUT2D eigenvalue weighted by Gasteiger charge is 2.24. The van der Waals surface area contributed by atoms with Crippen LogP contribution < -0.4 is 10.6 Å². The number of carbonyl (C=O) groups excluding carboxylic acids is 1. The molecule has 2 aromatic carbocycles. The minimum Gasteiger partial charge on any atom is -0.375 e. The van der Waals surface area contributed by atoms with Crippen molar-refractivity contribution in [2.75, 3.05) is 13.2 Å². The van der Waals surface area contributed by atoms with E-state index in [0.717, 1.165) is 11.6 Å². The molecule has 2 aromatic rings. The van der Waals surface area contributed by atoms with Crippen LogP contribution in [0.4, 0.5) is 8.78 Å². The molecule has 0 bridgehead atoms. The number of fused-ring (bicyclic) bond motifs is 1. The van der Waals surface area contributed by atoms with E-state index >= 15 is 0 Å². The summed E-state index contributed by atoms with van der Waals surface area (Å²) in [7, 11) is 0. The van der Waals surface area contributed by atoms with Gasteiger partial charge in [0.05, 0.1) is 19.3 Å². The molecule has 3 atom stereocenters. The average Bonchev–Trinajstić information content (AvgIpc) is 2.64. The second-order valence-electron chi connectivity index (χ2n) is 7.03. The fraction of sp³-hybridized carbons (Fsp3) is 0.381. The van der Waals surface area contributed by atoms with Crippen LogP contribution in [0.2, 0.25) is 0 Å². The van der Waals surface area contributed by atoms with Crippen molar-refractivity contribution >= 4 is 18.5 Å². The summed E-state index contributed by atoms with van der Waals surface area (Å²) in [6.45, 7) is 3.06. The molecule has 0 spiro atoms. The van der Waals surface area contributed by atoms with Crippen molar-refractivity contribution in [3.05, 3.63) is 70.8 Å². The van der Waals surface area contributed by atoms with E-state index in [1.54, 1.807) is 0 Å². The average molecular weight is 406 g/mol. The Hall–Kier alpha value is -1.96. The molecule has 0 saturated carbocycles. The summed E-state index contributed by atoms with van der Waals surface area (Å²) in [6, 6.07) is 11.1. The molecule has 0 radical (unpaired) electrons. The van der Waals surface area contributed by atoms with Gasteiger partial charge < -0.3 is 15.4 Å². The maximum absolute atomic E-state index is 13.5. The lowest BCUT2D eigenvalue weighted by Crippen LogP contribution is -2.46. The topological polar surface area (TPSA) is 50.4 Å². The van der Waals surface area contributed by atoms with E-state index in [1.807, 2.05) is 18.2 Å². The Labute approximate surface area is 169 Å². The largest absolute Gasteiger partial charge is 0.375 e. The fourth-order valence-electron chi connectivity index (χ4n) is 3.48. The van der Waals surface area contributed by atoms with Crippen LogP contribution >= 0.6 is 12.6 Å². The van der Waals surface area contributed by atoms with Crippen molar-refractivity contribution in [3.63, 3.8) is 0 Å². The molecular formula is C21H24F2N2O2S. The van der Waals surface area contributed by atoms with E-state index in [0.29, 0.717) is 25.3 Å². The molecule has 150 valence electrons. The van der Waals surface area contributed by atoms with Crippen LogP contribution in [0.1, 0.15) is 29.7 Å². The lowest BCUT2D eigenvalue weighted by atomic mass is 9.98. The zero-order valence-corrected chi connectivity index (χ0v) is 16.5. The quantitative estimate of drug-likeness (QED) is 0.619. The second kappa shape index (κ2) is 9.49. The van der Waals surface area contributed by atoms with Gasteiger partial charge in [0.25, 0.3) is 0 Å². The molecule has 1 amide bonds. The first kappa shape index (κ1) is 20.8. The molecule has 1 aliphatic heterocycles. The van der Waals surface area contributed by atoms with E-state index in [-0.39, 0.29) is 29.7 Å². The van der Waals surface area contributed by atoms with Crippen LogP contribution in [0.5, 0.6) is 0 Å². The van der Waals surface area contributed by atoms with Crippen molar-refractivity contribution in [3.8, 4) is 0 Å². The van der Waals surface area contributed by atoms with E-state index in [4.69, 9.17) is 4.74 Å². The van der Waals surface area contributed by atoms with Gasteiger partial charge in [-0.25, -0.2) is 8.78 Å². The Morgan fingerprint density at radius 1 is 1.25 bits per heavy atom. The molecule has 4 nitrogen and oxygen atoms in total. The molecule has 7 heteroatoms. The summed E-state index contributed by atoms with van der Waals surface area (Å²) in [5.41, 5.74) is 2.81. The number of carbonyl (C=O) groups is 1. The molecule has 1 aliphatic rings. The normalized spacial score (nSPS) is 18.2. The standard InChI is InChI=1S/C21H24F2N2O2S/c1-13(26)25-19(8-14-6-16(22)9-17(23)7-14)21(28)10-24-20-12-27-11-15-4-2-3-5-18(15)20/h2-7,9,19-21,24,28H,8,10-12H2,1H3,(H,25,26)/t19?,20?,21-/m1/s1. The molecule has 0 aliphatic carbocycles. The fourth-order valence-corrected chi connectivity index (χ4v) is 3.77. The van der Waals surface area contributed by atoms with Crippen molar-refractivity contribution in [2.24, 2.45) is 0 Å². The van der Waals surface area contributed by atoms with Gasteiger partial charge in [0, 0.05) is 30.8 Å². The predicted octanol–water partition coefficient (Wildman–Crippen LogP) is 3.17. The van der Waals surface area contributed by atoms with Crippen molar-refractivity contribution in [1.29, 1.82) is 0 Å². The van der Waals surface area contributed by atoms with Gasteiger partial charge in [-0.05, 0) is 35.2 Å². The van der Waals surface area contributed by atoms with Gasteiger partial charge in [0.15, 0.2) is 0 Å². The molecule has 2 N–H and O–H groups in total. The molecule has 0 fully saturated rings. The van der Waals surface area contributed by atoms with Crippen LogP contribution in [0.3, 0.4) is 0 Å². The van der Waals surface area contributed by atoms with Gasteiger partial charge in [-0.1, -0.05) is 24.3 Å². The summed E-state index contributed by atoms with van der Waals surface area (Å²) >= 11 is 4.65. The minimum atomic E-state index is -0.638. The summed E-state index contributed by atoms with van der Waals surface area (Å²) in [5.74, 6) is -1.49. The number of rotatable bonds is 7. The summed E-state index contributed by atoms with van der Waals surface area (Å²) in [6.07, 6.45) is 0.280. The van der Waals surface area contributed by atoms with Crippen LogP contribution in [-0.4, -0.2) is 30.4 Å². The second-order valence-corrected chi connectivity index (χ2v) is 7.69. The van der Waals surface area contributed by atoms with Gasteiger partial charge in [-0.15, -0.1) is 0 Å². The third-order valence-corrected chi connectivity index (χ3v) is 5.32. The highest BCUT2D eigenvalue weighted by molar-refractivity contribution is 7.81. The first-order valence-electron chi connectivity index (χ1n) is 9.21. The molecule has 2 unspecified atom stereocenters. The highest BCUT2D eigenvalue weighted by atomic mass is 32.1. The van der Waals surface area contributed by atoms with E-state index < -0.39 is 11.6 Å². The monoisotopic (exact) mass is 406 g/mol. The smallest absolute Gasteiger partial charge is 0.217 e. The third kappa shape index (κ3) is 5.53. The maximum atomic E-state index is 13.5. The number of hydrogen-bond acceptors (Lipinski definition) is 4. The summed E-state index contributed by atoms with van der Waals surface area (Å²) in [5, 5.41) is 6.02. The maximum Gasteiger partial charge on any atom is 0.217 e. The van der Waals surface area contributed by atoms with Crippen LogP contribution in [0.15, 0.2) is 42.5 Å². The number of halogens is 2. The lowest BCUT2D eigenvalue weighted by molar-refractivity contribution is -0.119. The Bertz CT molecular complexity index is 814. The molecule has 28 heavy (non-hydrogen) atoms. The summed E-state index contributed by atoms with van der Waals surface area (Å²) < 4.78 is 32.6. The lowest BCUT2D eigenvalue weighted by Gasteiger charge is -2.30. The Kier molecular flexibility index (Phi) is 7.04. The Morgan fingerprint density at radius 2 is 1.96 bits per heavy atom. The first-order valence-corrected chi connectivity index (χ1v) is 9.73. The van der Waals surface area contributed by atoms with Gasteiger partial charge >= 0.3 is 0 Å². The molecular weight excluding hydrogens is 382 g/mol. The Balaban J connectivity index is 1.66. The predicted molar refractivity (Wildman–Crippen MR) is 107 cm³/mol. The minimum absolute atomic E-state index is 0.0317. The van der Waals surface area contributed by atoms with Crippen molar-refractivity contribution in [2.45, 2.75) is 37.3 Å². The number of hydrogen-bond donors (Lipinski definition) is 3. The SMILES string of the molecule is CC(=O)NC(Cc1cc(F)cc(F)c1)[C@H](S)CNC1COCc2ccccc21. The van der Waals surface area contributed by atoms with Gasteiger partial charge in [0.2, 0.25) is 5.91 Å². The third-order valence-electron chi connectivity index (χ3n) is 4.78. The number of benzene rings is 2. The van der Waals surface area contributed by atoms with E-state index in [9.17, 15) is 13.6 Å². The van der Waals surface area contributed by atoms with Gasteiger partial charge in [-0.3, -0.25) is 4.79 Å². The van der Waals surface area contributed by atoms with Gasteiger partial charge in [0.1, 0.15) is 11.6 Å². The number of thiol groups is 1.